The summed E-state index contributed by atoms with van der Waals surface area (Å²) in [7, 11) is 0. The van der Waals surface area contributed by atoms with Crippen molar-refractivity contribution in [3.8, 4) is 11.5 Å². The quantitative estimate of drug-likeness (QED) is 0.169. The molecule has 0 bridgehead atoms. The molecule has 1 amide bonds. The molecule has 0 aliphatic carbocycles. The van der Waals surface area contributed by atoms with E-state index >= 15 is 0 Å². The summed E-state index contributed by atoms with van der Waals surface area (Å²) in [5.41, 5.74) is 2.95. The second kappa shape index (κ2) is 11.7. The first-order chi connectivity index (χ1) is 17.9. The molecule has 1 unspecified atom stereocenters. The molecule has 2 heterocycles. The highest BCUT2D eigenvalue weighted by Crippen LogP contribution is 2.42. The average Bonchev–Trinajstić information content (AvgIpc) is 3.15. The van der Waals surface area contributed by atoms with Crippen molar-refractivity contribution >= 4 is 17.4 Å². The number of aliphatic hydroxyl groups is 1. The average molecular weight is 501 g/mol. The van der Waals surface area contributed by atoms with Crippen molar-refractivity contribution in [2.24, 2.45) is 0 Å². The topological polar surface area (TPSA) is 89.0 Å². The number of aromatic nitrogens is 1. The fraction of sp³-hybridized carbons (Fsp3) is 0.300. The number of pyridine rings is 1. The number of nitrogens with zero attached hydrogens (tertiary/aromatic N) is 2. The van der Waals surface area contributed by atoms with Gasteiger partial charge >= 0.3 is 0 Å². The normalized spacial score (nSPS) is 16.7. The van der Waals surface area contributed by atoms with Crippen LogP contribution in [0.25, 0.3) is 5.76 Å². The van der Waals surface area contributed by atoms with Crippen molar-refractivity contribution in [1.82, 2.24) is 9.88 Å². The van der Waals surface area contributed by atoms with E-state index in [4.69, 9.17) is 9.47 Å². The van der Waals surface area contributed by atoms with Crippen molar-refractivity contribution in [1.29, 1.82) is 0 Å². The third kappa shape index (κ3) is 5.66. The van der Waals surface area contributed by atoms with Crippen molar-refractivity contribution in [3.63, 3.8) is 0 Å². The van der Waals surface area contributed by atoms with Crippen molar-refractivity contribution in [3.05, 3.63) is 94.8 Å². The van der Waals surface area contributed by atoms with Crippen LogP contribution in [0.4, 0.5) is 0 Å². The van der Waals surface area contributed by atoms with Gasteiger partial charge in [-0.05, 0) is 49.6 Å². The number of hydrogen-bond donors (Lipinski definition) is 1. The van der Waals surface area contributed by atoms with Crippen LogP contribution in [0.3, 0.4) is 0 Å². The number of ether oxygens (including phenoxy) is 2. The van der Waals surface area contributed by atoms with Gasteiger partial charge in [0.15, 0.2) is 11.5 Å². The van der Waals surface area contributed by atoms with Crippen LogP contribution < -0.4 is 9.47 Å². The molecule has 37 heavy (non-hydrogen) atoms. The fourth-order valence-corrected chi connectivity index (χ4v) is 4.35. The van der Waals surface area contributed by atoms with Gasteiger partial charge in [-0.25, -0.2) is 0 Å². The lowest BCUT2D eigenvalue weighted by Gasteiger charge is -2.26. The molecule has 1 fully saturated rings. The first-order valence-corrected chi connectivity index (χ1v) is 12.6. The largest absolute Gasteiger partial charge is 0.507 e. The minimum atomic E-state index is -0.814. The molecule has 0 saturated carbocycles. The number of hydrogen-bond acceptors (Lipinski definition) is 6. The molecule has 1 saturated heterocycles. The van der Waals surface area contributed by atoms with Gasteiger partial charge in [0.25, 0.3) is 11.7 Å². The van der Waals surface area contributed by atoms with Crippen molar-refractivity contribution in [2.45, 2.75) is 46.2 Å². The Morgan fingerprint density at radius 3 is 2.49 bits per heavy atom. The van der Waals surface area contributed by atoms with Gasteiger partial charge in [0.1, 0.15) is 5.76 Å². The number of ketones is 1. The number of Topliss-reactive ketones (excluding diaryl/α,β-unsaturated/α-hetero) is 1. The Morgan fingerprint density at radius 1 is 1.03 bits per heavy atom. The summed E-state index contributed by atoms with van der Waals surface area (Å²) in [6.07, 6.45) is 5.23. The Balaban J connectivity index is 1.83. The molecule has 1 aromatic heterocycles. The first kappa shape index (κ1) is 25.9. The van der Waals surface area contributed by atoms with Gasteiger partial charge in [-0.2, -0.15) is 0 Å². The summed E-state index contributed by atoms with van der Waals surface area (Å²) < 4.78 is 11.8. The number of unbranched alkanes of at least 4 members (excludes halogenated alkanes) is 1. The molecule has 3 aromatic rings. The second-order valence-corrected chi connectivity index (χ2v) is 9.00. The summed E-state index contributed by atoms with van der Waals surface area (Å²) in [5, 5.41) is 11.3. The van der Waals surface area contributed by atoms with E-state index < -0.39 is 17.7 Å². The number of carbonyl (C=O) groups is 2. The van der Waals surface area contributed by atoms with E-state index in [-0.39, 0.29) is 17.9 Å². The van der Waals surface area contributed by atoms with Crippen LogP contribution in [0, 0.1) is 6.92 Å². The minimum Gasteiger partial charge on any atom is -0.507 e. The Morgan fingerprint density at radius 2 is 1.81 bits per heavy atom. The molecular weight excluding hydrogens is 468 g/mol. The predicted molar refractivity (Wildman–Crippen MR) is 141 cm³/mol. The zero-order valence-corrected chi connectivity index (χ0v) is 21.4. The monoisotopic (exact) mass is 500 g/mol. The molecule has 1 atom stereocenters. The number of aliphatic hydroxyl groups excluding tert-OH is 1. The van der Waals surface area contributed by atoms with Crippen LogP contribution in [0.2, 0.25) is 0 Å². The SMILES string of the molecule is CCCCOc1ccc(C2C(=C(O)c3ccc(C)cc3)C(=O)C(=O)N2Cc2cccnc2)cc1OCC. The number of likely N-dealkylation sites (tertiary alicyclic amines) is 1. The minimum absolute atomic E-state index is 0.0415. The van der Waals surface area contributed by atoms with Crippen LogP contribution in [0.5, 0.6) is 11.5 Å². The van der Waals surface area contributed by atoms with Gasteiger partial charge in [-0.15, -0.1) is 0 Å². The van der Waals surface area contributed by atoms with Crippen LogP contribution in [-0.4, -0.2) is 39.9 Å². The first-order valence-electron chi connectivity index (χ1n) is 12.6. The summed E-state index contributed by atoms with van der Waals surface area (Å²) >= 11 is 0. The van der Waals surface area contributed by atoms with Crippen LogP contribution in [-0.2, 0) is 16.1 Å². The molecule has 0 radical (unpaired) electrons. The van der Waals surface area contributed by atoms with E-state index in [2.05, 4.69) is 11.9 Å². The van der Waals surface area contributed by atoms with Crippen molar-refractivity contribution < 1.29 is 24.2 Å². The summed E-state index contributed by atoms with van der Waals surface area (Å²) in [4.78, 5) is 32.3. The Labute approximate surface area is 217 Å². The van der Waals surface area contributed by atoms with Gasteiger partial charge in [-0.1, -0.05) is 55.3 Å². The molecular formula is C30H32N2O5. The number of carbonyl (C=O) groups excluding carboxylic acids is 2. The van der Waals surface area contributed by atoms with E-state index in [9.17, 15) is 14.7 Å². The van der Waals surface area contributed by atoms with E-state index in [0.717, 1.165) is 24.0 Å². The lowest BCUT2D eigenvalue weighted by atomic mass is 9.94. The van der Waals surface area contributed by atoms with Crippen LogP contribution in [0.15, 0.2) is 72.6 Å². The van der Waals surface area contributed by atoms with Gasteiger partial charge in [0, 0.05) is 24.5 Å². The number of aryl methyl sites for hydroxylation is 1. The molecule has 1 N–H and O–H groups in total. The highest BCUT2D eigenvalue weighted by Gasteiger charge is 2.46. The maximum absolute atomic E-state index is 13.3. The Bertz CT molecular complexity index is 1290. The Hall–Kier alpha value is -4.13. The van der Waals surface area contributed by atoms with Crippen LogP contribution in [0.1, 0.15) is 55.0 Å². The van der Waals surface area contributed by atoms with Gasteiger partial charge in [-0.3, -0.25) is 14.6 Å². The predicted octanol–water partition coefficient (Wildman–Crippen LogP) is 5.59. The Kier molecular flexibility index (Phi) is 8.23. The molecule has 0 spiro atoms. The molecule has 2 aromatic carbocycles. The maximum atomic E-state index is 13.3. The van der Waals surface area contributed by atoms with E-state index in [1.165, 1.54) is 4.90 Å². The second-order valence-electron chi connectivity index (χ2n) is 9.00. The lowest BCUT2D eigenvalue weighted by Crippen LogP contribution is -2.29. The lowest BCUT2D eigenvalue weighted by molar-refractivity contribution is -0.140. The zero-order valence-electron chi connectivity index (χ0n) is 21.4. The van der Waals surface area contributed by atoms with Crippen LogP contribution >= 0.6 is 0 Å². The highest BCUT2D eigenvalue weighted by atomic mass is 16.5. The third-order valence-electron chi connectivity index (χ3n) is 6.28. The number of rotatable bonds is 10. The smallest absolute Gasteiger partial charge is 0.295 e. The summed E-state index contributed by atoms with van der Waals surface area (Å²) in [6, 6.07) is 15.4. The van der Waals surface area contributed by atoms with Gasteiger partial charge < -0.3 is 19.5 Å². The van der Waals surface area contributed by atoms with Gasteiger partial charge in [0.2, 0.25) is 0 Å². The highest BCUT2D eigenvalue weighted by molar-refractivity contribution is 6.46. The third-order valence-corrected chi connectivity index (χ3v) is 6.28. The fourth-order valence-electron chi connectivity index (χ4n) is 4.35. The molecule has 192 valence electrons. The maximum Gasteiger partial charge on any atom is 0.295 e. The summed E-state index contributed by atoms with van der Waals surface area (Å²) in [6.45, 7) is 7.06. The van der Waals surface area contributed by atoms with E-state index in [1.54, 1.807) is 42.7 Å². The molecule has 1 aliphatic rings. The van der Waals surface area contributed by atoms with E-state index in [1.807, 2.05) is 38.1 Å². The number of benzene rings is 2. The molecule has 7 heteroatoms. The van der Waals surface area contributed by atoms with E-state index in [0.29, 0.717) is 35.8 Å². The standard InChI is InChI=1S/C30H32N2O5/c1-4-6-16-37-24-14-13-23(17-25(24)36-5-2)27-26(28(33)22-11-9-20(3)10-12-22)29(34)30(35)32(27)19-21-8-7-15-31-18-21/h7-15,17-18,27,33H,4-6,16,19H2,1-3H3. The zero-order chi connectivity index (χ0) is 26.4. The molecule has 1 aliphatic heterocycles. The summed E-state index contributed by atoms with van der Waals surface area (Å²) in [5.74, 6) is -0.490. The van der Waals surface area contributed by atoms with Crippen molar-refractivity contribution in [2.75, 3.05) is 13.2 Å². The molecule has 4 rings (SSSR count). The van der Waals surface area contributed by atoms with Gasteiger partial charge in [0.05, 0.1) is 24.8 Å². The number of amides is 1. The molecule has 7 nitrogen and oxygen atoms in total.